The van der Waals surface area contributed by atoms with Crippen molar-refractivity contribution in [1.82, 2.24) is 4.90 Å². The maximum absolute atomic E-state index is 12.2. The fourth-order valence-corrected chi connectivity index (χ4v) is 2.09. The molecule has 0 aliphatic rings. The quantitative estimate of drug-likeness (QED) is 0.761. The molecule has 0 heterocycles. The molecule has 0 spiro atoms. The molecule has 18 heavy (non-hydrogen) atoms. The molecular formula is C15H32N2O. The van der Waals surface area contributed by atoms with Crippen molar-refractivity contribution in [1.29, 1.82) is 0 Å². The fourth-order valence-electron chi connectivity index (χ4n) is 2.09. The highest BCUT2D eigenvalue weighted by Gasteiger charge is 2.26. The minimum absolute atomic E-state index is 0.131. The van der Waals surface area contributed by atoms with E-state index in [1.807, 2.05) is 11.9 Å². The molecule has 0 rings (SSSR count). The lowest BCUT2D eigenvalue weighted by molar-refractivity contribution is -0.134. The van der Waals surface area contributed by atoms with E-state index < -0.39 is 0 Å². The van der Waals surface area contributed by atoms with Crippen LogP contribution >= 0.6 is 0 Å². The molecule has 0 radical (unpaired) electrons. The molecule has 0 fully saturated rings. The predicted octanol–water partition coefficient (Wildman–Crippen LogP) is 3.03. The zero-order chi connectivity index (χ0) is 14.3. The molecule has 0 saturated carbocycles. The third kappa shape index (κ3) is 5.85. The highest BCUT2D eigenvalue weighted by atomic mass is 16.2. The van der Waals surface area contributed by atoms with Crippen LogP contribution in [0.5, 0.6) is 0 Å². The third-order valence-electron chi connectivity index (χ3n) is 4.15. The second-order valence-electron chi connectivity index (χ2n) is 6.44. The van der Waals surface area contributed by atoms with Crippen molar-refractivity contribution in [3.63, 3.8) is 0 Å². The van der Waals surface area contributed by atoms with Gasteiger partial charge in [-0.3, -0.25) is 4.79 Å². The van der Waals surface area contributed by atoms with Gasteiger partial charge in [0, 0.05) is 19.5 Å². The van der Waals surface area contributed by atoms with Crippen molar-refractivity contribution in [2.45, 2.75) is 66.3 Å². The molecule has 0 aliphatic heterocycles. The number of hydrogen-bond acceptors (Lipinski definition) is 2. The van der Waals surface area contributed by atoms with E-state index in [4.69, 9.17) is 5.73 Å². The standard InChI is InChI=1S/C15H32N2O/c1-7-13(10-11-16)8-9-14(18)17(6)12(2)15(3,4)5/h12-13H,7-11,16H2,1-6H3. The van der Waals surface area contributed by atoms with E-state index in [2.05, 4.69) is 34.6 Å². The van der Waals surface area contributed by atoms with Crippen molar-refractivity contribution in [2.75, 3.05) is 13.6 Å². The van der Waals surface area contributed by atoms with E-state index in [9.17, 15) is 4.79 Å². The first-order valence-electron chi connectivity index (χ1n) is 7.19. The van der Waals surface area contributed by atoms with Gasteiger partial charge in [-0.1, -0.05) is 34.1 Å². The van der Waals surface area contributed by atoms with Gasteiger partial charge in [0.15, 0.2) is 0 Å². The molecule has 0 aromatic heterocycles. The maximum Gasteiger partial charge on any atom is 0.222 e. The fraction of sp³-hybridized carbons (Fsp3) is 0.933. The summed E-state index contributed by atoms with van der Waals surface area (Å²) in [4.78, 5) is 14.0. The van der Waals surface area contributed by atoms with Crippen molar-refractivity contribution in [3.05, 3.63) is 0 Å². The zero-order valence-corrected chi connectivity index (χ0v) is 13.1. The highest BCUT2D eigenvalue weighted by Crippen LogP contribution is 2.24. The van der Waals surface area contributed by atoms with Gasteiger partial charge in [0.1, 0.15) is 0 Å². The molecule has 0 aromatic carbocycles. The summed E-state index contributed by atoms with van der Waals surface area (Å²) < 4.78 is 0. The summed E-state index contributed by atoms with van der Waals surface area (Å²) in [5, 5.41) is 0. The first kappa shape index (κ1) is 17.4. The Morgan fingerprint density at radius 1 is 1.28 bits per heavy atom. The van der Waals surface area contributed by atoms with Crippen LogP contribution in [0.1, 0.15) is 60.3 Å². The summed E-state index contributed by atoms with van der Waals surface area (Å²) >= 11 is 0. The highest BCUT2D eigenvalue weighted by molar-refractivity contribution is 5.76. The number of nitrogens with zero attached hydrogens (tertiary/aromatic N) is 1. The SMILES string of the molecule is CCC(CCN)CCC(=O)N(C)C(C)C(C)(C)C. The van der Waals surface area contributed by atoms with E-state index in [1.54, 1.807) is 0 Å². The van der Waals surface area contributed by atoms with Gasteiger partial charge in [-0.25, -0.2) is 0 Å². The molecule has 3 nitrogen and oxygen atoms in total. The van der Waals surface area contributed by atoms with Crippen LogP contribution in [-0.2, 0) is 4.79 Å². The minimum Gasteiger partial charge on any atom is -0.343 e. The van der Waals surface area contributed by atoms with Crippen molar-refractivity contribution >= 4 is 5.91 Å². The maximum atomic E-state index is 12.2. The summed E-state index contributed by atoms with van der Waals surface area (Å²) in [6.45, 7) is 11.5. The topological polar surface area (TPSA) is 46.3 Å². The first-order chi connectivity index (χ1) is 8.23. The second kappa shape index (κ2) is 7.78. The lowest BCUT2D eigenvalue weighted by atomic mass is 9.87. The van der Waals surface area contributed by atoms with Crippen LogP contribution < -0.4 is 5.73 Å². The third-order valence-corrected chi connectivity index (χ3v) is 4.15. The van der Waals surface area contributed by atoms with Crippen LogP contribution in [-0.4, -0.2) is 30.4 Å². The van der Waals surface area contributed by atoms with Crippen molar-refractivity contribution < 1.29 is 4.79 Å². The molecule has 0 bridgehead atoms. The van der Waals surface area contributed by atoms with Crippen molar-refractivity contribution in [3.8, 4) is 0 Å². The minimum atomic E-state index is 0.131. The van der Waals surface area contributed by atoms with Gasteiger partial charge in [-0.2, -0.15) is 0 Å². The van der Waals surface area contributed by atoms with Crippen molar-refractivity contribution in [2.24, 2.45) is 17.1 Å². The Morgan fingerprint density at radius 2 is 1.83 bits per heavy atom. The molecule has 2 unspecified atom stereocenters. The Morgan fingerprint density at radius 3 is 2.22 bits per heavy atom. The molecule has 108 valence electrons. The molecule has 2 N–H and O–H groups in total. The van der Waals surface area contributed by atoms with Crippen LogP contribution in [0, 0.1) is 11.3 Å². The summed E-state index contributed by atoms with van der Waals surface area (Å²) in [6, 6.07) is 0.264. The Kier molecular flexibility index (Phi) is 7.53. The average Bonchev–Trinajstić information content (AvgIpc) is 2.30. The van der Waals surface area contributed by atoms with E-state index in [-0.39, 0.29) is 17.4 Å². The van der Waals surface area contributed by atoms with Gasteiger partial charge in [-0.15, -0.1) is 0 Å². The lowest BCUT2D eigenvalue weighted by Gasteiger charge is -2.35. The number of hydrogen-bond donors (Lipinski definition) is 1. The van der Waals surface area contributed by atoms with Crippen LogP contribution in [0.15, 0.2) is 0 Å². The molecule has 3 heteroatoms. The Balaban J connectivity index is 4.24. The van der Waals surface area contributed by atoms with E-state index in [0.717, 1.165) is 25.8 Å². The molecule has 0 aliphatic carbocycles. The van der Waals surface area contributed by atoms with Gasteiger partial charge in [0.2, 0.25) is 5.91 Å². The van der Waals surface area contributed by atoms with E-state index >= 15 is 0 Å². The number of rotatable bonds is 7. The Labute approximate surface area is 113 Å². The Hall–Kier alpha value is -0.570. The van der Waals surface area contributed by atoms with Gasteiger partial charge in [0.05, 0.1) is 0 Å². The van der Waals surface area contributed by atoms with Crippen LogP contribution in [0.4, 0.5) is 0 Å². The largest absolute Gasteiger partial charge is 0.343 e. The molecule has 1 amide bonds. The van der Waals surface area contributed by atoms with Gasteiger partial charge in [-0.05, 0) is 37.6 Å². The molecule has 2 atom stereocenters. The van der Waals surface area contributed by atoms with Gasteiger partial charge < -0.3 is 10.6 Å². The van der Waals surface area contributed by atoms with Gasteiger partial charge >= 0.3 is 0 Å². The summed E-state index contributed by atoms with van der Waals surface area (Å²) in [5.41, 5.74) is 5.71. The number of carbonyl (C=O) groups is 1. The lowest BCUT2D eigenvalue weighted by Crippen LogP contribution is -2.43. The van der Waals surface area contributed by atoms with E-state index in [1.165, 1.54) is 0 Å². The molecular weight excluding hydrogens is 224 g/mol. The predicted molar refractivity (Wildman–Crippen MR) is 78.4 cm³/mol. The Bertz CT molecular complexity index is 245. The van der Waals surface area contributed by atoms with E-state index in [0.29, 0.717) is 12.3 Å². The normalized spacial score (nSPS) is 15.3. The zero-order valence-electron chi connectivity index (χ0n) is 13.1. The van der Waals surface area contributed by atoms with Gasteiger partial charge in [0.25, 0.3) is 0 Å². The number of carbonyl (C=O) groups excluding carboxylic acids is 1. The number of amides is 1. The van der Waals surface area contributed by atoms with Crippen LogP contribution in [0.3, 0.4) is 0 Å². The van der Waals surface area contributed by atoms with Crippen LogP contribution in [0.2, 0.25) is 0 Å². The summed E-state index contributed by atoms with van der Waals surface area (Å²) in [7, 11) is 1.92. The second-order valence-corrected chi connectivity index (χ2v) is 6.44. The van der Waals surface area contributed by atoms with Crippen LogP contribution in [0.25, 0.3) is 0 Å². The molecule has 0 aromatic rings. The average molecular weight is 256 g/mol. The summed E-state index contributed by atoms with van der Waals surface area (Å²) in [6.07, 6.45) is 3.76. The number of nitrogens with two attached hydrogens (primary N) is 1. The molecule has 0 saturated heterocycles. The monoisotopic (exact) mass is 256 g/mol. The first-order valence-corrected chi connectivity index (χ1v) is 7.19. The summed E-state index contributed by atoms with van der Waals surface area (Å²) in [5.74, 6) is 0.852. The smallest absolute Gasteiger partial charge is 0.222 e.